The molecule has 4 saturated carbocycles. The molecule has 2 aliphatic heterocycles. The molecule has 4 bridgehead atoms. The Labute approximate surface area is 368 Å². The molecule has 55 heavy (non-hydrogen) atoms. The van der Waals surface area contributed by atoms with E-state index in [0.717, 1.165) is 83.3 Å². The van der Waals surface area contributed by atoms with Gasteiger partial charge in [0.15, 0.2) is 0 Å². The second kappa shape index (κ2) is 22.5. The second-order valence-electron chi connectivity index (χ2n) is 18.0. The third kappa shape index (κ3) is 12.1. The zero-order chi connectivity index (χ0) is 36.4. The fourth-order valence-corrected chi connectivity index (χ4v) is 11.8. The van der Waals surface area contributed by atoms with Gasteiger partial charge in [0.05, 0.1) is 65.7 Å². The molecule has 0 radical (unpaired) electrons. The maximum Gasteiger partial charge on any atom is 0.119 e. The molecule has 2 saturated heterocycles. The van der Waals surface area contributed by atoms with Crippen molar-refractivity contribution in [3.05, 3.63) is 65.2 Å². The van der Waals surface area contributed by atoms with E-state index in [0.29, 0.717) is 13.2 Å². The van der Waals surface area contributed by atoms with Gasteiger partial charge in [-0.2, -0.15) is 0 Å². The van der Waals surface area contributed by atoms with E-state index in [-0.39, 0.29) is 48.0 Å². The van der Waals surface area contributed by atoms with E-state index in [1.807, 2.05) is 0 Å². The van der Waals surface area contributed by atoms with Gasteiger partial charge in [-0.15, -0.1) is 0 Å². The minimum Gasteiger partial charge on any atom is -1.00 e. The number of halogens is 2. The standard InChI is InChI=1S/C47H72N2O4.2HI/c50-29-27-48(23-7-8-24-48)21-5-1-3-11-31-52-44-17-13-40(14-18-44)46(47-42-34-38-33-39(36-42)37-43(47)35-38)41-15-19-45(20-16-41)53-32-12-4-2-6-22-49(28-30-51)25-9-10-26-49;;/h13-20,38-39,42-43,50-51H,1-12,21-37H2;2*1H/q+2;;/p-2. The van der Waals surface area contributed by atoms with Gasteiger partial charge in [-0.05, 0) is 148 Å². The number of hydrogen-bond acceptors (Lipinski definition) is 4. The number of allylic oxidation sites excluding steroid dienone is 1. The van der Waals surface area contributed by atoms with Crippen LogP contribution in [-0.2, 0) is 0 Å². The number of rotatable bonds is 22. The number of ether oxygens (including phenoxy) is 2. The number of likely N-dealkylation sites (tertiary alicyclic amines) is 2. The zero-order valence-corrected chi connectivity index (χ0v) is 38.1. The summed E-state index contributed by atoms with van der Waals surface area (Å²) < 4.78 is 14.8. The number of hydrogen-bond donors (Lipinski definition) is 2. The van der Waals surface area contributed by atoms with Crippen LogP contribution in [0.25, 0.3) is 5.57 Å². The van der Waals surface area contributed by atoms with Crippen LogP contribution in [0.2, 0.25) is 0 Å². The van der Waals surface area contributed by atoms with E-state index in [9.17, 15) is 10.2 Å². The Kier molecular flexibility index (Phi) is 18.4. The largest absolute Gasteiger partial charge is 1.00 e. The first-order valence-corrected chi connectivity index (χ1v) is 22.2. The summed E-state index contributed by atoms with van der Waals surface area (Å²) in [7, 11) is 0. The van der Waals surface area contributed by atoms with Gasteiger partial charge >= 0.3 is 0 Å². The molecule has 4 aliphatic carbocycles. The highest BCUT2D eigenvalue weighted by molar-refractivity contribution is 5.83. The summed E-state index contributed by atoms with van der Waals surface area (Å²) in [6.07, 6.45) is 22.0. The third-order valence-electron chi connectivity index (χ3n) is 14.4. The highest BCUT2D eigenvalue weighted by atomic mass is 127. The Balaban J connectivity index is 0.00000290. The first-order valence-electron chi connectivity index (χ1n) is 22.2. The Morgan fingerprint density at radius 2 is 0.873 bits per heavy atom. The molecule has 8 rings (SSSR count). The van der Waals surface area contributed by atoms with E-state index < -0.39 is 0 Å². The second-order valence-corrected chi connectivity index (χ2v) is 18.0. The average Bonchev–Trinajstić information content (AvgIpc) is 3.83. The average molecular weight is 983 g/mol. The smallest absolute Gasteiger partial charge is 0.119 e. The Morgan fingerprint density at radius 1 is 0.491 bits per heavy atom. The van der Waals surface area contributed by atoms with E-state index in [4.69, 9.17) is 9.47 Å². The molecule has 6 aliphatic rings. The van der Waals surface area contributed by atoms with Crippen LogP contribution in [0.1, 0.15) is 120 Å². The predicted molar refractivity (Wildman–Crippen MR) is 216 cm³/mol. The predicted octanol–water partition coefficient (Wildman–Crippen LogP) is 3.04. The summed E-state index contributed by atoms with van der Waals surface area (Å²) in [5, 5.41) is 19.1. The van der Waals surface area contributed by atoms with Crippen LogP contribution in [0.4, 0.5) is 0 Å². The Hall–Kier alpha value is -0.920. The van der Waals surface area contributed by atoms with Crippen molar-refractivity contribution < 1.29 is 76.6 Å². The van der Waals surface area contributed by atoms with E-state index >= 15 is 0 Å². The quantitative estimate of drug-likeness (QED) is 0.108. The molecule has 2 aromatic carbocycles. The van der Waals surface area contributed by atoms with Crippen molar-refractivity contribution in [2.45, 2.75) is 109 Å². The zero-order valence-electron chi connectivity index (χ0n) is 33.8. The van der Waals surface area contributed by atoms with Crippen LogP contribution in [0.3, 0.4) is 0 Å². The fraction of sp³-hybridized carbons (Fsp3) is 0.702. The van der Waals surface area contributed by atoms with Crippen molar-refractivity contribution >= 4 is 5.57 Å². The van der Waals surface area contributed by atoms with Gasteiger partial charge in [-0.1, -0.05) is 29.8 Å². The number of aliphatic hydroxyl groups excluding tert-OH is 2. The van der Waals surface area contributed by atoms with Crippen molar-refractivity contribution in [1.82, 2.24) is 0 Å². The van der Waals surface area contributed by atoms with E-state index in [2.05, 4.69) is 48.5 Å². The summed E-state index contributed by atoms with van der Waals surface area (Å²) in [5.74, 6) is 5.34. The maximum atomic E-state index is 9.55. The van der Waals surface area contributed by atoms with E-state index in [1.54, 1.807) is 5.57 Å². The number of benzene rings is 2. The highest BCUT2D eigenvalue weighted by Crippen LogP contribution is 2.58. The van der Waals surface area contributed by atoms with Crippen molar-refractivity contribution in [2.75, 3.05) is 78.8 Å². The lowest BCUT2D eigenvalue weighted by Gasteiger charge is -2.52. The third-order valence-corrected chi connectivity index (χ3v) is 14.4. The molecular weight excluding hydrogens is 910 g/mol. The summed E-state index contributed by atoms with van der Waals surface area (Å²) in [4.78, 5) is 0. The van der Waals surface area contributed by atoms with Crippen LogP contribution < -0.4 is 57.4 Å². The van der Waals surface area contributed by atoms with E-state index in [1.165, 1.54) is 152 Å². The number of quaternary nitrogens is 2. The molecule has 2 N–H and O–H groups in total. The van der Waals surface area contributed by atoms with Gasteiger partial charge in [0.2, 0.25) is 0 Å². The number of aliphatic hydroxyl groups is 2. The SMILES string of the molecule is OCC[N+]1(CCCCCCOc2ccc(C(=C3C4CC5CC(C4)CC3C5)c3ccc(OCCCCCC[N+]4(CCO)CCCC4)cc3)cc2)CCCC1.[I-].[I-]. The molecule has 2 heterocycles. The first kappa shape index (κ1) is 45.2. The molecule has 0 atom stereocenters. The molecule has 6 nitrogen and oxygen atoms in total. The maximum absolute atomic E-state index is 9.55. The van der Waals surface area contributed by atoms with Gasteiger partial charge in [0.25, 0.3) is 0 Å². The van der Waals surface area contributed by atoms with Crippen molar-refractivity contribution in [3.8, 4) is 11.5 Å². The summed E-state index contributed by atoms with van der Waals surface area (Å²) in [5.41, 5.74) is 5.91. The molecule has 8 heteroatoms. The number of nitrogens with zero attached hydrogens (tertiary/aromatic N) is 2. The van der Waals surface area contributed by atoms with Crippen molar-refractivity contribution in [2.24, 2.45) is 23.7 Å². The minimum atomic E-state index is 0. The minimum absolute atomic E-state index is 0. The van der Waals surface area contributed by atoms with Gasteiger partial charge in [-0.25, -0.2) is 0 Å². The monoisotopic (exact) mass is 982 g/mol. The van der Waals surface area contributed by atoms with Crippen LogP contribution in [-0.4, -0.2) is 98.0 Å². The van der Waals surface area contributed by atoms with Gasteiger partial charge < -0.3 is 76.6 Å². The molecule has 0 spiro atoms. The number of unbranched alkanes of at least 4 members (excludes halogenated alkanes) is 6. The molecule has 0 amide bonds. The van der Waals surface area contributed by atoms with Gasteiger partial charge in [-0.3, -0.25) is 0 Å². The summed E-state index contributed by atoms with van der Waals surface area (Å²) in [6, 6.07) is 18.1. The highest BCUT2D eigenvalue weighted by Gasteiger charge is 2.46. The van der Waals surface area contributed by atoms with Gasteiger partial charge in [0.1, 0.15) is 24.6 Å². The summed E-state index contributed by atoms with van der Waals surface area (Å²) in [6.45, 7) is 11.6. The molecular formula is C47H72I2N2O4. The Morgan fingerprint density at radius 3 is 1.25 bits per heavy atom. The fourth-order valence-electron chi connectivity index (χ4n) is 11.8. The topological polar surface area (TPSA) is 58.9 Å². The Bertz CT molecular complexity index is 1320. The van der Waals surface area contributed by atoms with Crippen molar-refractivity contribution in [1.29, 1.82) is 0 Å². The first-order chi connectivity index (χ1) is 26.1. The lowest BCUT2D eigenvalue weighted by atomic mass is 9.53. The molecule has 6 fully saturated rings. The van der Waals surface area contributed by atoms with Gasteiger partial charge in [0, 0.05) is 25.7 Å². The van der Waals surface area contributed by atoms with Crippen LogP contribution in [0, 0.1) is 23.7 Å². The van der Waals surface area contributed by atoms with Crippen LogP contribution >= 0.6 is 0 Å². The molecule has 308 valence electrons. The lowest BCUT2D eigenvalue weighted by molar-refractivity contribution is -0.917. The molecule has 0 aromatic heterocycles. The van der Waals surface area contributed by atoms with Crippen LogP contribution in [0.5, 0.6) is 11.5 Å². The van der Waals surface area contributed by atoms with Crippen molar-refractivity contribution in [3.63, 3.8) is 0 Å². The molecule has 2 aromatic rings. The lowest BCUT2D eigenvalue weighted by Crippen LogP contribution is -3.00. The summed E-state index contributed by atoms with van der Waals surface area (Å²) >= 11 is 0. The normalized spacial score (nSPS) is 24.4. The van der Waals surface area contributed by atoms with Crippen LogP contribution in [0.15, 0.2) is 54.1 Å². The molecule has 0 unspecified atom stereocenters.